The van der Waals surface area contributed by atoms with Gasteiger partial charge in [0.15, 0.2) is 0 Å². The first-order chi connectivity index (χ1) is 7.25. The first-order valence-electron chi connectivity index (χ1n) is 5.00. The highest BCUT2D eigenvalue weighted by molar-refractivity contribution is 9.15. The van der Waals surface area contributed by atoms with Gasteiger partial charge in [0.25, 0.3) is 0 Å². The highest BCUT2D eigenvalue weighted by Gasteiger charge is 2.13. The molecule has 0 unspecified atom stereocenters. The fraction of sp³-hybridized carbons (Fsp3) is 0.333. The molecule has 80 valence electrons. The maximum Gasteiger partial charge on any atom is 0.0770 e. The van der Waals surface area contributed by atoms with Crippen LogP contribution in [-0.2, 0) is 4.74 Å². The second-order valence-corrected chi connectivity index (χ2v) is 5.34. The molecule has 0 amide bonds. The van der Waals surface area contributed by atoms with Crippen LogP contribution in [0.4, 0.5) is 0 Å². The fourth-order valence-corrected chi connectivity index (χ4v) is 2.43. The van der Waals surface area contributed by atoms with E-state index in [2.05, 4.69) is 50.1 Å². The Morgan fingerprint density at radius 2 is 2.07 bits per heavy atom. The van der Waals surface area contributed by atoms with Crippen LogP contribution in [0.2, 0.25) is 0 Å². The van der Waals surface area contributed by atoms with Crippen LogP contribution in [0.25, 0.3) is 4.48 Å². The topological polar surface area (TPSA) is 9.23 Å². The molecule has 1 aromatic rings. The lowest BCUT2D eigenvalue weighted by Crippen LogP contribution is -1.99. The second-order valence-electron chi connectivity index (χ2n) is 3.57. The van der Waals surface area contributed by atoms with Gasteiger partial charge in [0.05, 0.1) is 6.10 Å². The molecule has 3 heteroatoms. The molecule has 1 aliphatic rings. The third-order valence-electron chi connectivity index (χ3n) is 2.42. The zero-order valence-electron chi connectivity index (χ0n) is 8.25. The van der Waals surface area contributed by atoms with Crippen LogP contribution in [0.1, 0.15) is 18.4 Å². The molecular weight excluding hydrogens is 320 g/mol. The number of halogens is 2. The maximum atomic E-state index is 5.55. The largest absolute Gasteiger partial charge is 0.374 e. The number of hydrogen-bond acceptors (Lipinski definition) is 1. The summed E-state index contributed by atoms with van der Waals surface area (Å²) in [6, 6.07) is 8.25. The summed E-state index contributed by atoms with van der Waals surface area (Å²) in [5.74, 6) is 0. The Morgan fingerprint density at radius 1 is 1.33 bits per heavy atom. The van der Waals surface area contributed by atoms with Gasteiger partial charge in [0, 0.05) is 15.6 Å². The van der Waals surface area contributed by atoms with Crippen molar-refractivity contribution in [2.24, 2.45) is 0 Å². The van der Waals surface area contributed by atoms with Crippen molar-refractivity contribution in [2.75, 3.05) is 6.61 Å². The average Bonchev–Trinajstić information content (AvgIpc) is 2.71. The molecule has 1 atom stereocenters. The van der Waals surface area contributed by atoms with E-state index < -0.39 is 0 Å². The van der Waals surface area contributed by atoms with E-state index in [0.717, 1.165) is 22.0 Å². The smallest absolute Gasteiger partial charge is 0.0770 e. The standard InChI is InChI=1S/C12H12Br2O/c13-10-5-3-9(4-6-10)12(14)8-11-2-1-7-15-11/h3-6,8,11H,1-2,7H2/b12-8+/t11-/m0/s1. The third-order valence-corrected chi connectivity index (χ3v) is 3.67. The molecule has 1 heterocycles. The van der Waals surface area contributed by atoms with E-state index in [0.29, 0.717) is 0 Å². The molecule has 15 heavy (non-hydrogen) atoms. The first-order valence-corrected chi connectivity index (χ1v) is 6.59. The van der Waals surface area contributed by atoms with E-state index in [1.807, 2.05) is 12.1 Å². The van der Waals surface area contributed by atoms with Crippen LogP contribution in [0, 0.1) is 0 Å². The molecule has 0 N–H and O–H groups in total. The Labute approximate surface area is 107 Å². The van der Waals surface area contributed by atoms with Gasteiger partial charge in [-0.25, -0.2) is 0 Å². The zero-order valence-corrected chi connectivity index (χ0v) is 11.4. The lowest BCUT2D eigenvalue weighted by Gasteiger charge is -2.05. The van der Waals surface area contributed by atoms with E-state index in [9.17, 15) is 0 Å². The molecule has 0 radical (unpaired) electrons. The van der Waals surface area contributed by atoms with Crippen molar-refractivity contribution in [3.05, 3.63) is 40.4 Å². The van der Waals surface area contributed by atoms with Gasteiger partial charge in [0.1, 0.15) is 0 Å². The Morgan fingerprint density at radius 3 is 2.67 bits per heavy atom. The lowest BCUT2D eigenvalue weighted by molar-refractivity contribution is 0.146. The first kappa shape index (κ1) is 11.4. The van der Waals surface area contributed by atoms with Gasteiger partial charge >= 0.3 is 0 Å². The summed E-state index contributed by atoms with van der Waals surface area (Å²) in [4.78, 5) is 0. The van der Waals surface area contributed by atoms with Gasteiger partial charge < -0.3 is 4.74 Å². The molecular formula is C12H12Br2O. The Hall–Kier alpha value is -0.120. The van der Waals surface area contributed by atoms with Crippen molar-refractivity contribution >= 4 is 36.3 Å². The monoisotopic (exact) mass is 330 g/mol. The molecule has 0 bridgehead atoms. The van der Waals surface area contributed by atoms with E-state index in [4.69, 9.17) is 4.74 Å². The predicted octanol–water partition coefficient (Wildman–Crippen LogP) is 4.36. The number of hydrogen-bond donors (Lipinski definition) is 0. The molecule has 1 nitrogen and oxygen atoms in total. The van der Waals surface area contributed by atoms with Gasteiger partial charge in [-0.1, -0.05) is 44.0 Å². The molecule has 0 aromatic heterocycles. The summed E-state index contributed by atoms with van der Waals surface area (Å²) in [7, 11) is 0. The van der Waals surface area contributed by atoms with Gasteiger partial charge in [-0.2, -0.15) is 0 Å². The molecule has 1 aromatic carbocycles. The van der Waals surface area contributed by atoms with Crippen LogP contribution in [0.15, 0.2) is 34.8 Å². The Bertz CT molecular complexity index is 350. The van der Waals surface area contributed by atoms with Gasteiger partial charge in [0.2, 0.25) is 0 Å². The molecule has 1 saturated heterocycles. The van der Waals surface area contributed by atoms with Gasteiger partial charge in [-0.15, -0.1) is 0 Å². The van der Waals surface area contributed by atoms with Gasteiger partial charge in [-0.3, -0.25) is 0 Å². The van der Waals surface area contributed by atoms with E-state index in [-0.39, 0.29) is 6.10 Å². The highest BCUT2D eigenvalue weighted by atomic mass is 79.9. The van der Waals surface area contributed by atoms with Crippen molar-refractivity contribution in [1.82, 2.24) is 0 Å². The minimum atomic E-state index is 0.281. The number of benzene rings is 1. The highest BCUT2D eigenvalue weighted by Crippen LogP contribution is 2.26. The summed E-state index contributed by atoms with van der Waals surface area (Å²) < 4.78 is 7.77. The summed E-state index contributed by atoms with van der Waals surface area (Å²) in [5.41, 5.74) is 1.19. The van der Waals surface area contributed by atoms with Crippen LogP contribution in [0.5, 0.6) is 0 Å². The SMILES string of the molecule is Br/C(=C/[C@@H]1CCCO1)c1ccc(Br)cc1. The van der Waals surface area contributed by atoms with E-state index in [1.165, 1.54) is 12.0 Å². The van der Waals surface area contributed by atoms with Crippen molar-refractivity contribution in [3.63, 3.8) is 0 Å². The summed E-state index contributed by atoms with van der Waals surface area (Å²) in [6.07, 6.45) is 4.73. The van der Waals surface area contributed by atoms with E-state index >= 15 is 0 Å². The molecule has 2 rings (SSSR count). The third kappa shape index (κ3) is 3.16. The molecule has 0 saturated carbocycles. The maximum absolute atomic E-state index is 5.55. The summed E-state index contributed by atoms with van der Waals surface area (Å²) >= 11 is 7.01. The van der Waals surface area contributed by atoms with Gasteiger partial charge in [-0.05, 0) is 36.6 Å². The predicted molar refractivity (Wildman–Crippen MR) is 70.0 cm³/mol. The Kier molecular flexibility index (Phi) is 4.00. The lowest BCUT2D eigenvalue weighted by atomic mass is 10.1. The quantitative estimate of drug-likeness (QED) is 0.782. The number of ether oxygens (including phenoxy) is 1. The molecule has 0 aliphatic carbocycles. The van der Waals surface area contributed by atoms with Crippen molar-refractivity contribution in [1.29, 1.82) is 0 Å². The molecule has 0 spiro atoms. The average molecular weight is 332 g/mol. The normalized spacial score (nSPS) is 22.0. The molecule has 1 aliphatic heterocycles. The van der Waals surface area contributed by atoms with Crippen molar-refractivity contribution in [2.45, 2.75) is 18.9 Å². The van der Waals surface area contributed by atoms with Crippen LogP contribution < -0.4 is 0 Å². The van der Waals surface area contributed by atoms with Crippen LogP contribution >= 0.6 is 31.9 Å². The number of rotatable bonds is 2. The van der Waals surface area contributed by atoms with E-state index in [1.54, 1.807) is 0 Å². The van der Waals surface area contributed by atoms with Crippen molar-refractivity contribution < 1.29 is 4.74 Å². The van der Waals surface area contributed by atoms with Crippen LogP contribution in [0.3, 0.4) is 0 Å². The zero-order chi connectivity index (χ0) is 10.7. The fourth-order valence-electron chi connectivity index (χ4n) is 1.60. The minimum absolute atomic E-state index is 0.281. The summed E-state index contributed by atoms with van der Waals surface area (Å²) in [5, 5.41) is 0. The Balaban J connectivity index is 2.12. The van der Waals surface area contributed by atoms with Crippen LogP contribution in [-0.4, -0.2) is 12.7 Å². The minimum Gasteiger partial charge on any atom is -0.374 e. The summed E-state index contributed by atoms with van der Waals surface area (Å²) in [6.45, 7) is 0.891. The second kappa shape index (κ2) is 5.28. The molecule has 1 fully saturated rings. The van der Waals surface area contributed by atoms with Crippen molar-refractivity contribution in [3.8, 4) is 0 Å².